The number of thiophene rings is 1. The molecule has 1 aromatic carbocycles. The number of para-hydroxylation sites is 1. The molecule has 8 nitrogen and oxygen atoms in total. The number of benzene rings is 1. The molecule has 0 spiro atoms. The molecule has 0 fully saturated rings. The largest absolute Gasteiger partial charge is 0.496 e. The lowest BCUT2D eigenvalue weighted by Crippen LogP contribution is -2.31. The first-order valence-electron chi connectivity index (χ1n) is 7.56. The van der Waals surface area contributed by atoms with Gasteiger partial charge in [0, 0.05) is 25.2 Å². The first kappa shape index (κ1) is 21.1. The summed E-state index contributed by atoms with van der Waals surface area (Å²) in [4.78, 5) is 30.6. The van der Waals surface area contributed by atoms with Crippen molar-refractivity contribution in [3.63, 3.8) is 0 Å². The minimum atomic E-state index is -1.82. The number of carboxylic acid groups (broad SMARTS) is 2. The first-order valence-corrected chi connectivity index (χ1v) is 8.44. The lowest BCUT2D eigenvalue weighted by molar-refractivity contribution is -0.159. The fourth-order valence-electron chi connectivity index (χ4n) is 1.83. The molecule has 0 bridgehead atoms. The molecule has 0 aliphatic heterocycles. The molecule has 0 atom stereocenters. The van der Waals surface area contributed by atoms with Crippen LogP contribution in [0.25, 0.3) is 0 Å². The van der Waals surface area contributed by atoms with E-state index in [1.807, 2.05) is 41.8 Å². The summed E-state index contributed by atoms with van der Waals surface area (Å²) in [6.07, 6.45) is 0. The van der Waals surface area contributed by atoms with E-state index in [0.29, 0.717) is 6.54 Å². The fraction of sp³-hybridized carbons (Fsp3) is 0.235. The number of carbonyl (C=O) groups is 3. The molecule has 9 heteroatoms. The summed E-state index contributed by atoms with van der Waals surface area (Å²) < 4.78 is 5.28. The summed E-state index contributed by atoms with van der Waals surface area (Å²) in [5.74, 6) is -2.79. The summed E-state index contributed by atoms with van der Waals surface area (Å²) >= 11 is 1.45. The van der Waals surface area contributed by atoms with Crippen LogP contribution in [0.4, 0.5) is 0 Å². The highest BCUT2D eigenvalue weighted by Crippen LogP contribution is 2.16. The Balaban J connectivity index is 0.000000487. The molecule has 26 heavy (non-hydrogen) atoms. The molecule has 0 saturated heterocycles. The Bertz CT molecular complexity index is 706. The summed E-state index contributed by atoms with van der Waals surface area (Å²) in [6.45, 7) is 2.04. The molecule has 0 aliphatic carbocycles. The highest BCUT2D eigenvalue weighted by molar-refractivity contribution is 7.12. The average molecular weight is 380 g/mol. The third-order valence-corrected chi connectivity index (χ3v) is 3.89. The number of rotatable bonds is 7. The summed E-state index contributed by atoms with van der Waals surface area (Å²) in [5, 5.41) is 22.8. The summed E-state index contributed by atoms with van der Waals surface area (Å²) in [5.41, 5.74) is 1.11. The molecule has 140 valence electrons. The van der Waals surface area contributed by atoms with Crippen molar-refractivity contribution in [3.05, 3.63) is 52.2 Å². The van der Waals surface area contributed by atoms with E-state index >= 15 is 0 Å². The van der Waals surface area contributed by atoms with E-state index in [9.17, 15) is 4.79 Å². The van der Waals surface area contributed by atoms with Crippen LogP contribution in [0, 0.1) is 0 Å². The molecule has 0 radical (unpaired) electrons. The van der Waals surface area contributed by atoms with E-state index < -0.39 is 11.9 Å². The number of carboxylic acids is 2. The molecular formula is C17H20N2O6S. The Morgan fingerprint density at radius 2 is 1.73 bits per heavy atom. The van der Waals surface area contributed by atoms with Crippen molar-refractivity contribution in [1.29, 1.82) is 0 Å². The van der Waals surface area contributed by atoms with Gasteiger partial charge in [0.25, 0.3) is 5.91 Å². The molecular weight excluding hydrogens is 360 g/mol. The van der Waals surface area contributed by atoms with Gasteiger partial charge >= 0.3 is 11.9 Å². The van der Waals surface area contributed by atoms with E-state index in [1.54, 1.807) is 7.11 Å². The molecule has 2 rings (SSSR count). The van der Waals surface area contributed by atoms with Gasteiger partial charge in [-0.25, -0.2) is 9.59 Å². The molecule has 0 saturated carbocycles. The van der Waals surface area contributed by atoms with Gasteiger partial charge in [-0.1, -0.05) is 24.3 Å². The van der Waals surface area contributed by atoms with Crippen LogP contribution < -0.4 is 15.4 Å². The van der Waals surface area contributed by atoms with Crippen molar-refractivity contribution >= 4 is 29.2 Å². The number of ether oxygens (including phenoxy) is 1. The zero-order chi connectivity index (χ0) is 19.4. The number of amides is 1. The molecule has 2 aromatic rings. The normalized spacial score (nSPS) is 9.58. The van der Waals surface area contributed by atoms with Gasteiger partial charge < -0.3 is 25.6 Å². The van der Waals surface area contributed by atoms with Gasteiger partial charge in [-0.05, 0) is 17.5 Å². The topological polar surface area (TPSA) is 125 Å². The number of hydrogen-bond acceptors (Lipinski definition) is 6. The highest BCUT2D eigenvalue weighted by atomic mass is 32.1. The van der Waals surface area contributed by atoms with Gasteiger partial charge in [0.05, 0.1) is 12.0 Å². The quantitative estimate of drug-likeness (QED) is 0.423. The van der Waals surface area contributed by atoms with E-state index in [1.165, 1.54) is 11.3 Å². The van der Waals surface area contributed by atoms with E-state index in [-0.39, 0.29) is 5.91 Å². The van der Waals surface area contributed by atoms with Gasteiger partial charge in [0.2, 0.25) is 0 Å². The first-order chi connectivity index (χ1) is 12.5. The molecule has 1 aromatic heterocycles. The predicted molar refractivity (Wildman–Crippen MR) is 96.6 cm³/mol. The van der Waals surface area contributed by atoms with E-state index in [0.717, 1.165) is 29.3 Å². The molecule has 0 unspecified atom stereocenters. The van der Waals surface area contributed by atoms with E-state index in [2.05, 4.69) is 10.6 Å². The Morgan fingerprint density at radius 3 is 2.31 bits per heavy atom. The fourth-order valence-corrected chi connectivity index (χ4v) is 2.47. The van der Waals surface area contributed by atoms with Crippen molar-refractivity contribution in [2.24, 2.45) is 0 Å². The van der Waals surface area contributed by atoms with Crippen LogP contribution in [0.5, 0.6) is 5.75 Å². The van der Waals surface area contributed by atoms with Crippen LogP contribution in [-0.4, -0.2) is 48.3 Å². The standard InChI is InChI=1S/C15H18N2O2S.C2H2O4/c1-19-13-6-3-2-5-12(13)11-16-8-9-17-15(18)14-7-4-10-20-14;3-1(4)2(5)6/h2-7,10,16H,8-9,11H2,1H3,(H,17,18);(H,3,4)(H,5,6). The van der Waals surface area contributed by atoms with Crippen molar-refractivity contribution < 1.29 is 29.3 Å². The lowest BCUT2D eigenvalue weighted by atomic mass is 10.2. The zero-order valence-corrected chi connectivity index (χ0v) is 14.9. The summed E-state index contributed by atoms with van der Waals surface area (Å²) in [6, 6.07) is 11.6. The van der Waals surface area contributed by atoms with Gasteiger partial charge in [-0.15, -0.1) is 11.3 Å². The van der Waals surface area contributed by atoms with Crippen LogP contribution in [-0.2, 0) is 16.1 Å². The maximum atomic E-state index is 11.7. The SMILES string of the molecule is COc1ccccc1CNCCNC(=O)c1cccs1.O=C(O)C(=O)O. The number of hydrogen-bond donors (Lipinski definition) is 4. The second-order valence-corrected chi connectivity index (χ2v) is 5.78. The monoisotopic (exact) mass is 380 g/mol. The zero-order valence-electron chi connectivity index (χ0n) is 14.1. The molecule has 0 aliphatic rings. The van der Waals surface area contributed by atoms with Crippen molar-refractivity contribution in [2.75, 3.05) is 20.2 Å². The Kier molecular flexibility index (Phi) is 9.44. The van der Waals surface area contributed by atoms with Gasteiger partial charge in [0.15, 0.2) is 0 Å². The second kappa shape index (κ2) is 11.6. The van der Waals surface area contributed by atoms with Crippen LogP contribution in [0.15, 0.2) is 41.8 Å². The van der Waals surface area contributed by atoms with Crippen molar-refractivity contribution in [1.82, 2.24) is 10.6 Å². The lowest BCUT2D eigenvalue weighted by Gasteiger charge is -2.09. The average Bonchev–Trinajstić information content (AvgIpc) is 3.17. The second-order valence-electron chi connectivity index (χ2n) is 4.83. The highest BCUT2D eigenvalue weighted by Gasteiger charge is 2.05. The Labute approximate surface area is 154 Å². The van der Waals surface area contributed by atoms with E-state index in [4.69, 9.17) is 24.5 Å². The van der Waals surface area contributed by atoms with Gasteiger partial charge in [-0.3, -0.25) is 4.79 Å². The third-order valence-electron chi connectivity index (χ3n) is 3.02. The Hall–Kier alpha value is -2.91. The molecule has 1 heterocycles. The number of aliphatic carboxylic acids is 2. The van der Waals surface area contributed by atoms with Crippen LogP contribution in [0.1, 0.15) is 15.2 Å². The molecule has 1 amide bonds. The van der Waals surface area contributed by atoms with Crippen molar-refractivity contribution in [3.8, 4) is 5.75 Å². The third kappa shape index (κ3) is 7.77. The van der Waals surface area contributed by atoms with Crippen molar-refractivity contribution in [2.45, 2.75) is 6.54 Å². The number of nitrogens with one attached hydrogen (secondary N) is 2. The molecule has 4 N–H and O–H groups in total. The van der Waals surface area contributed by atoms with Gasteiger partial charge in [0.1, 0.15) is 5.75 Å². The van der Waals surface area contributed by atoms with Gasteiger partial charge in [-0.2, -0.15) is 0 Å². The maximum absolute atomic E-state index is 11.7. The van der Waals surface area contributed by atoms with Crippen LogP contribution >= 0.6 is 11.3 Å². The minimum Gasteiger partial charge on any atom is -0.496 e. The van der Waals surface area contributed by atoms with Crippen LogP contribution in [0.2, 0.25) is 0 Å². The maximum Gasteiger partial charge on any atom is 0.414 e. The van der Waals surface area contributed by atoms with Crippen LogP contribution in [0.3, 0.4) is 0 Å². The smallest absolute Gasteiger partial charge is 0.414 e. The summed E-state index contributed by atoms with van der Waals surface area (Å²) in [7, 11) is 1.67. The number of carbonyl (C=O) groups excluding carboxylic acids is 1. The predicted octanol–water partition coefficient (Wildman–Crippen LogP) is 1.43. The number of methoxy groups -OCH3 is 1. The Morgan fingerprint density at radius 1 is 1.04 bits per heavy atom. The minimum absolute atomic E-state index is 0.0147.